The van der Waals surface area contributed by atoms with E-state index in [1.807, 2.05) is 41.9 Å². The van der Waals surface area contributed by atoms with E-state index < -0.39 is 0 Å². The number of nitrogens with zero attached hydrogens (tertiary/aromatic N) is 5. The van der Waals surface area contributed by atoms with Crippen LogP contribution in [0.25, 0.3) is 11.4 Å². The van der Waals surface area contributed by atoms with Crippen molar-refractivity contribution in [1.29, 1.82) is 0 Å². The number of benzene rings is 1. The Labute approximate surface area is 172 Å². The largest absolute Gasteiger partial charge is 0.459 e. The molecule has 2 aromatic heterocycles. The summed E-state index contributed by atoms with van der Waals surface area (Å²) in [6.45, 7) is 2.02. The van der Waals surface area contributed by atoms with Crippen LogP contribution in [0.4, 0.5) is 0 Å². The monoisotopic (exact) mass is 411 g/mol. The highest BCUT2D eigenvalue weighted by atomic mass is 32.2. The van der Waals surface area contributed by atoms with Crippen LogP contribution in [0.1, 0.15) is 10.6 Å². The van der Waals surface area contributed by atoms with E-state index in [-0.39, 0.29) is 17.6 Å². The van der Waals surface area contributed by atoms with Gasteiger partial charge in [-0.05, 0) is 12.1 Å². The van der Waals surface area contributed by atoms with Gasteiger partial charge in [-0.15, -0.1) is 10.2 Å². The molecule has 1 aliphatic heterocycles. The van der Waals surface area contributed by atoms with E-state index in [0.717, 1.165) is 11.4 Å². The lowest BCUT2D eigenvalue weighted by Crippen LogP contribution is -2.51. The first-order chi connectivity index (χ1) is 14.1. The Balaban J connectivity index is 1.30. The highest BCUT2D eigenvalue weighted by Crippen LogP contribution is 2.22. The fourth-order valence-corrected chi connectivity index (χ4v) is 4.03. The van der Waals surface area contributed by atoms with Gasteiger partial charge < -0.3 is 18.8 Å². The first-order valence-corrected chi connectivity index (χ1v) is 10.3. The Morgan fingerprint density at radius 2 is 1.72 bits per heavy atom. The smallest absolute Gasteiger partial charge is 0.289 e. The van der Waals surface area contributed by atoms with E-state index in [9.17, 15) is 9.59 Å². The van der Waals surface area contributed by atoms with Crippen LogP contribution >= 0.6 is 11.8 Å². The van der Waals surface area contributed by atoms with Crippen molar-refractivity contribution in [3.63, 3.8) is 0 Å². The minimum atomic E-state index is -0.135. The number of thioether (sulfide) groups is 1. The fraction of sp³-hybridized carbons (Fsp3) is 0.300. The molecular formula is C20H21N5O3S. The number of hydrogen-bond donors (Lipinski definition) is 0. The van der Waals surface area contributed by atoms with Crippen LogP contribution in [-0.4, -0.2) is 68.3 Å². The van der Waals surface area contributed by atoms with Crippen molar-refractivity contribution in [2.24, 2.45) is 7.05 Å². The summed E-state index contributed by atoms with van der Waals surface area (Å²) in [5.41, 5.74) is 0.984. The third-order valence-corrected chi connectivity index (χ3v) is 5.85. The van der Waals surface area contributed by atoms with Crippen LogP contribution in [0.2, 0.25) is 0 Å². The van der Waals surface area contributed by atoms with Crippen molar-refractivity contribution in [2.75, 3.05) is 31.9 Å². The first-order valence-electron chi connectivity index (χ1n) is 9.31. The van der Waals surface area contributed by atoms with Crippen molar-refractivity contribution in [2.45, 2.75) is 5.16 Å². The summed E-state index contributed by atoms with van der Waals surface area (Å²) >= 11 is 1.37. The van der Waals surface area contributed by atoms with E-state index in [0.29, 0.717) is 37.1 Å². The highest BCUT2D eigenvalue weighted by molar-refractivity contribution is 7.99. The molecule has 1 fully saturated rings. The Morgan fingerprint density at radius 3 is 2.41 bits per heavy atom. The third-order valence-electron chi connectivity index (χ3n) is 4.84. The van der Waals surface area contributed by atoms with E-state index in [4.69, 9.17) is 4.42 Å². The molecule has 1 saturated heterocycles. The predicted molar refractivity (Wildman–Crippen MR) is 108 cm³/mol. The van der Waals surface area contributed by atoms with Gasteiger partial charge in [0.2, 0.25) is 5.91 Å². The third kappa shape index (κ3) is 4.19. The molecule has 0 saturated carbocycles. The molecule has 2 amide bonds. The second-order valence-electron chi connectivity index (χ2n) is 6.67. The molecule has 4 rings (SSSR count). The molecule has 0 bridgehead atoms. The Hall–Kier alpha value is -3.07. The zero-order chi connectivity index (χ0) is 20.2. The zero-order valence-corrected chi connectivity index (χ0v) is 16.8. The Kier molecular flexibility index (Phi) is 5.66. The molecule has 1 aliphatic rings. The molecule has 1 aromatic carbocycles. The molecule has 8 nitrogen and oxygen atoms in total. The van der Waals surface area contributed by atoms with Crippen molar-refractivity contribution in [3.05, 3.63) is 54.5 Å². The van der Waals surface area contributed by atoms with Gasteiger partial charge in [0, 0.05) is 38.8 Å². The molecule has 150 valence electrons. The lowest BCUT2D eigenvalue weighted by Gasteiger charge is -2.34. The maximum absolute atomic E-state index is 12.6. The summed E-state index contributed by atoms with van der Waals surface area (Å²) in [7, 11) is 1.90. The quantitative estimate of drug-likeness (QED) is 0.598. The summed E-state index contributed by atoms with van der Waals surface area (Å²) in [6.07, 6.45) is 1.49. The summed E-state index contributed by atoms with van der Waals surface area (Å²) in [6, 6.07) is 13.2. The van der Waals surface area contributed by atoms with Crippen molar-refractivity contribution >= 4 is 23.6 Å². The average molecular weight is 411 g/mol. The topological polar surface area (TPSA) is 84.5 Å². The van der Waals surface area contributed by atoms with Gasteiger partial charge in [0.05, 0.1) is 12.0 Å². The summed E-state index contributed by atoms with van der Waals surface area (Å²) < 4.78 is 7.06. The van der Waals surface area contributed by atoms with E-state index >= 15 is 0 Å². The number of hydrogen-bond acceptors (Lipinski definition) is 6. The number of rotatable bonds is 5. The van der Waals surface area contributed by atoms with Crippen molar-refractivity contribution in [3.8, 4) is 11.4 Å². The normalized spacial score (nSPS) is 14.2. The van der Waals surface area contributed by atoms with Gasteiger partial charge >= 0.3 is 0 Å². The highest BCUT2D eigenvalue weighted by Gasteiger charge is 2.26. The number of piperazine rings is 1. The van der Waals surface area contributed by atoms with Gasteiger partial charge in [0.15, 0.2) is 16.7 Å². The fourth-order valence-electron chi connectivity index (χ4n) is 3.21. The van der Waals surface area contributed by atoms with Gasteiger partial charge in [-0.3, -0.25) is 9.59 Å². The van der Waals surface area contributed by atoms with Crippen LogP contribution in [0.5, 0.6) is 0 Å². The first kappa shape index (κ1) is 19.3. The van der Waals surface area contributed by atoms with Gasteiger partial charge in [-0.1, -0.05) is 42.1 Å². The minimum Gasteiger partial charge on any atom is -0.459 e. The number of furan rings is 1. The van der Waals surface area contributed by atoms with Crippen molar-refractivity contribution < 1.29 is 14.0 Å². The van der Waals surface area contributed by atoms with E-state index in [1.165, 1.54) is 18.0 Å². The second-order valence-corrected chi connectivity index (χ2v) is 7.61. The van der Waals surface area contributed by atoms with E-state index in [1.54, 1.807) is 21.9 Å². The number of carbonyl (C=O) groups is 2. The Morgan fingerprint density at radius 1 is 1.00 bits per heavy atom. The second kappa shape index (κ2) is 8.52. The molecule has 0 spiro atoms. The molecule has 0 unspecified atom stereocenters. The van der Waals surface area contributed by atoms with Gasteiger partial charge in [0.25, 0.3) is 5.91 Å². The Bertz CT molecular complexity index is 979. The van der Waals surface area contributed by atoms with Gasteiger partial charge in [0.1, 0.15) is 0 Å². The lowest BCUT2D eigenvalue weighted by molar-refractivity contribution is -0.129. The molecule has 0 N–H and O–H groups in total. The molecule has 0 atom stereocenters. The van der Waals surface area contributed by atoms with Crippen LogP contribution in [-0.2, 0) is 11.8 Å². The van der Waals surface area contributed by atoms with Crippen molar-refractivity contribution in [1.82, 2.24) is 24.6 Å². The average Bonchev–Trinajstić information content (AvgIpc) is 3.42. The van der Waals surface area contributed by atoms with Gasteiger partial charge in [-0.25, -0.2) is 0 Å². The van der Waals surface area contributed by atoms with Gasteiger partial charge in [-0.2, -0.15) is 0 Å². The predicted octanol–water partition coefficient (Wildman–Crippen LogP) is 2.15. The van der Waals surface area contributed by atoms with Crippen LogP contribution in [0.15, 0.2) is 58.3 Å². The van der Waals surface area contributed by atoms with Crippen LogP contribution < -0.4 is 0 Å². The summed E-state index contributed by atoms with van der Waals surface area (Å²) in [5, 5.41) is 9.16. The number of aromatic nitrogens is 3. The maximum atomic E-state index is 12.6. The SMILES string of the molecule is Cn1c(SCC(=O)N2CCN(C(=O)c3ccco3)CC2)nnc1-c1ccccc1. The molecular weight excluding hydrogens is 390 g/mol. The molecule has 3 aromatic rings. The molecule has 0 aliphatic carbocycles. The summed E-state index contributed by atoms with van der Waals surface area (Å²) in [5.74, 6) is 1.28. The molecule has 3 heterocycles. The summed E-state index contributed by atoms with van der Waals surface area (Å²) in [4.78, 5) is 28.4. The molecule has 29 heavy (non-hydrogen) atoms. The van der Waals surface area contributed by atoms with Crippen LogP contribution in [0.3, 0.4) is 0 Å². The molecule has 9 heteroatoms. The molecule has 0 radical (unpaired) electrons. The minimum absolute atomic E-state index is 0.0318. The van der Waals surface area contributed by atoms with Crippen LogP contribution in [0, 0.1) is 0 Å². The maximum Gasteiger partial charge on any atom is 0.289 e. The standard InChI is InChI=1S/C20H21N5O3S/c1-23-18(15-6-3-2-4-7-15)21-22-20(23)29-14-17(26)24-9-11-25(12-10-24)19(27)16-8-5-13-28-16/h2-8,13H,9-12,14H2,1H3. The lowest BCUT2D eigenvalue weighted by atomic mass is 10.2. The number of carbonyl (C=O) groups excluding carboxylic acids is 2. The number of amides is 2. The zero-order valence-electron chi connectivity index (χ0n) is 16.0. The van der Waals surface area contributed by atoms with E-state index in [2.05, 4.69) is 10.2 Å².